The van der Waals surface area contributed by atoms with Gasteiger partial charge in [0.15, 0.2) is 11.5 Å². The van der Waals surface area contributed by atoms with Crippen molar-refractivity contribution in [1.82, 2.24) is 14.3 Å². The Morgan fingerprint density at radius 2 is 1.76 bits per heavy atom. The first kappa shape index (κ1) is 20.6. The van der Waals surface area contributed by atoms with Gasteiger partial charge in [0.25, 0.3) is 5.91 Å². The number of benzene rings is 1. The van der Waals surface area contributed by atoms with Gasteiger partial charge in [-0.25, -0.2) is 4.39 Å². The number of aromatic nitrogens is 3. The first-order chi connectivity index (χ1) is 13.5. The normalized spacial score (nSPS) is 12.1. The largest absolute Gasteiger partial charge is 0.434 e. The molecule has 0 unspecified atom stereocenters. The maximum Gasteiger partial charge on any atom is 0.434 e. The molecule has 29 heavy (non-hydrogen) atoms. The second-order valence-corrected chi connectivity index (χ2v) is 6.21. The number of alkyl halides is 6. The molecule has 1 amide bonds. The Morgan fingerprint density at radius 3 is 2.41 bits per heavy atom. The van der Waals surface area contributed by atoms with Crippen molar-refractivity contribution < 1.29 is 35.5 Å². The van der Waals surface area contributed by atoms with Crippen molar-refractivity contribution >= 4 is 22.6 Å². The van der Waals surface area contributed by atoms with Crippen molar-refractivity contribution in [2.45, 2.75) is 12.4 Å². The molecule has 5 nitrogen and oxygen atoms in total. The lowest BCUT2D eigenvalue weighted by Gasteiger charge is -2.11. The summed E-state index contributed by atoms with van der Waals surface area (Å²) in [4.78, 5) is 18.9. The molecule has 0 radical (unpaired) electrons. The SMILES string of the molecule is O=C(Nc1nc(-c2cc(F)ccc2C(F)(F)F)ns1)c1cccnc1C(F)(F)F. The highest BCUT2D eigenvalue weighted by Gasteiger charge is 2.37. The van der Waals surface area contributed by atoms with Gasteiger partial charge in [0.05, 0.1) is 11.1 Å². The molecule has 0 aliphatic heterocycles. The molecule has 3 rings (SSSR count). The highest BCUT2D eigenvalue weighted by atomic mass is 32.1. The molecular weight excluding hydrogens is 429 g/mol. The number of carbonyl (C=O) groups is 1. The minimum absolute atomic E-state index is 0.376. The van der Waals surface area contributed by atoms with Gasteiger partial charge >= 0.3 is 12.4 Å². The molecule has 0 fully saturated rings. The van der Waals surface area contributed by atoms with Crippen molar-refractivity contribution in [2.24, 2.45) is 0 Å². The van der Waals surface area contributed by atoms with Gasteiger partial charge in [-0.05, 0) is 30.3 Å². The van der Waals surface area contributed by atoms with Crippen LogP contribution in [-0.4, -0.2) is 20.2 Å². The molecule has 0 saturated heterocycles. The summed E-state index contributed by atoms with van der Waals surface area (Å²) in [5.41, 5.74) is -4.13. The Balaban J connectivity index is 1.92. The number of amides is 1. The minimum Gasteiger partial charge on any atom is -0.297 e. The molecule has 1 N–H and O–H groups in total. The topological polar surface area (TPSA) is 67.8 Å². The van der Waals surface area contributed by atoms with Crippen molar-refractivity contribution in [3.8, 4) is 11.4 Å². The Bertz CT molecular complexity index is 1060. The van der Waals surface area contributed by atoms with E-state index in [0.29, 0.717) is 29.7 Å². The van der Waals surface area contributed by atoms with Crippen LogP contribution in [0.5, 0.6) is 0 Å². The van der Waals surface area contributed by atoms with Crippen LogP contribution in [-0.2, 0) is 12.4 Å². The summed E-state index contributed by atoms with van der Waals surface area (Å²) in [6.07, 6.45) is -8.87. The molecule has 0 saturated carbocycles. The van der Waals surface area contributed by atoms with Gasteiger partial charge in [-0.2, -0.15) is 35.7 Å². The van der Waals surface area contributed by atoms with Gasteiger partial charge in [-0.3, -0.25) is 15.1 Å². The zero-order valence-corrected chi connectivity index (χ0v) is 14.6. The molecule has 3 aromatic rings. The van der Waals surface area contributed by atoms with Crippen LogP contribution in [0.15, 0.2) is 36.5 Å². The minimum atomic E-state index is -4.90. The van der Waals surface area contributed by atoms with Crippen LogP contribution >= 0.6 is 11.5 Å². The van der Waals surface area contributed by atoms with Crippen molar-refractivity contribution in [3.63, 3.8) is 0 Å². The second kappa shape index (κ2) is 7.39. The predicted octanol–water partition coefficient (Wildman–Crippen LogP) is 5.03. The number of hydrogen-bond donors (Lipinski definition) is 1. The summed E-state index contributed by atoms with van der Waals surface area (Å²) in [5.74, 6) is -2.75. The highest BCUT2D eigenvalue weighted by Crippen LogP contribution is 2.37. The maximum atomic E-state index is 13.4. The van der Waals surface area contributed by atoms with E-state index < -0.39 is 52.3 Å². The molecule has 152 valence electrons. The van der Waals surface area contributed by atoms with E-state index in [-0.39, 0.29) is 5.13 Å². The average Bonchev–Trinajstić information content (AvgIpc) is 3.08. The molecule has 13 heteroatoms. The third-order valence-electron chi connectivity index (χ3n) is 3.50. The van der Waals surface area contributed by atoms with Crippen LogP contribution in [0.25, 0.3) is 11.4 Å². The fourth-order valence-corrected chi connectivity index (χ4v) is 2.89. The van der Waals surface area contributed by atoms with Crippen molar-refractivity contribution in [2.75, 3.05) is 5.32 Å². The Hall–Kier alpha value is -3.09. The molecule has 2 heterocycles. The molecule has 2 aromatic heterocycles. The van der Waals surface area contributed by atoms with E-state index in [0.717, 1.165) is 18.3 Å². The lowest BCUT2D eigenvalue weighted by molar-refractivity contribution is -0.141. The number of nitrogens with zero attached hydrogens (tertiary/aromatic N) is 3. The number of hydrogen-bond acceptors (Lipinski definition) is 5. The number of anilines is 1. The fourth-order valence-electron chi connectivity index (χ4n) is 2.31. The summed E-state index contributed by atoms with van der Waals surface area (Å²) < 4.78 is 95.2. The average molecular weight is 436 g/mol. The van der Waals surface area contributed by atoms with Crippen LogP contribution in [0, 0.1) is 5.82 Å². The molecule has 0 bridgehead atoms. The summed E-state index contributed by atoms with van der Waals surface area (Å²) in [6, 6.07) is 3.68. The van der Waals surface area contributed by atoms with E-state index >= 15 is 0 Å². The zero-order chi connectivity index (χ0) is 21.4. The van der Waals surface area contributed by atoms with Gasteiger partial charge in [-0.1, -0.05) is 0 Å². The van der Waals surface area contributed by atoms with E-state index in [9.17, 15) is 35.5 Å². The molecule has 1 aromatic carbocycles. The molecule has 0 atom stereocenters. The standard InChI is InChI=1S/C16H7F7N4OS/c17-7-3-4-10(15(18,19)20)9(6-7)12-25-14(29-27-12)26-13(28)8-2-1-5-24-11(8)16(21,22)23/h1-6H,(H,25,26,27,28). The smallest absolute Gasteiger partial charge is 0.297 e. The Labute approximate surface area is 161 Å². The van der Waals surface area contributed by atoms with E-state index in [1.54, 1.807) is 0 Å². The molecule has 0 aliphatic rings. The van der Waals surface area contributed by atoms with E-state index in [1.165, 1.54) is 0 Å². The maximum absolute atomic E-state index is 13.4. The van der Waals surface area contributed by atoms with E-state index in [1.807, 2.05) is 5.32 Å². The molecular formula is C16H7F7N4OS. The number of nitrogens with one attached hydrogen (secondary N) is 1. The lowest BCUT2D eigenvalue weighted by Crippen LogP contribution is -2.20. The van der Waals surface area contributed by atoms with E-state index in [2.05, 4.69) is 14.3 Å². The van der Waals surface area contributed by atoms with Crippen LogP contribution in [0.2, 0.25) is 0 Å². The summed E-state index contributed by atoms with van der Waals surface area (Å²) >= 11 is 0.421. The third-order valence-corrected chi connectivity index (χ3v) is 4.13. The summed E-state index contributed by atoms with van der Waals surface area (Å²) in [5, 5.41) is 1.65. The first-order valence-corrected chi connectivity index (χ1v) is 8.28. The number of halogens is 7. The van der Waals surface area contributed by atoms with E-state index in [4.69, 9.17) is 0 Å². The quantitative estimate of drug-likeness (QED) is 0.585. The predicted molar refractivity (Wildman–Crippen MR) is 87.5 cm³/mol. The summed E-state index contributed by atoms with van der Waals surface area (Å²) in [7, 11) is 0. The third kappa shape index (κ3) is 4.50. The number of pyridine rings is 1. The zero-order valence-electron chi connectivity index (χ0n) is 13.8. The second-order valence-electron chi connectivity index (χ2n) is 5.46. The Kier molecular flexibility index (Phi) is 5.26. The molecule has 0 aliphatic carbocycles. The van der Waals surface area contributed by atoms with Gasteiger partial charge < -0.3 is 0 Å². The van der Waals surface area contributed by atoms with Crippen LogP contribution in [0.3, 0.4) is 0 Å². The number of carbonyl (C=O) groups excluding carboxylic acids is 1. The van der Waals surface area contributed by atoms with Gasteiger partial charge in [0.2, 0.25) is 5.13 Å². The van der Waals surface area contributed by atoms with Crippen LogP contribution in [0.1, 0.15) is 21.6 Å². The Morgan fingerprint density at radius 1 is 1.03 bits per heavy atom. The van der Waals surface area contributed by atoms with Crippen molar-refractivity contribution in [1.29, 1.82) is 0 Å². The van der Waals surface area contributed by atoms with Gasteiger partial charge in [-0.15, -0.1) is 0 Å². The number of rotatable bonds is 3. The molecule has 0 spiro atoms. The summed E-state index contributed by atoms with van der Waals surface area (Å²) in [6.45, 7) is 0. The van der Waals surface area contributed by atoms with Gasteiger partial charge in [0, 0.05) is 23.3 Å². The first-order valence-electron chi connectivity index (χ1n) is 7.51. The van der Waals surface area contributed by atoms with Crippen LogP contribution < -0.4 is 5.32 Å². The monoisotopic (exact) mass is 436 g/mol. The lowest BCUT2D eigenvalue weighted by atomic mass is 10.1. The fraction of sp³-hybridized carbons (Fsp3) is 0.125. The van der Waals surface area contributed by atoms with Gasteiger partial charge in [0.1, 0.15) is 5.82 Å². The highest BCUT2D eigenvalue weighted by molar-refractivity contribution is 7.10. The van der Waals surface area contributed by atoms with Crippen LogP contribution in [0.4, 0.5) is 35.9 Å². The van der Waals surface area contributed by atoms with Crippen molar-refractivity contribution in [3.05, 3.63) is 59.2 Å².